The summed E-state index contributed by atoms with van der Waals surface area (Å²) in [7, 11) is 0. The van der Waals surface area contributed by atoms with Gasteiger partial charge in [-0.2, -0.15) is 0 Å². The Balaban J connectivity index is 2.14. The maximum absolute atomic E-state index is 5.54. The minimum Gasteiger partial charge on any atom is -0.380 e. The van der Waals surface area contributed by atoms with Crippen molar-refractivity contribution in [1.29, 1.82) is 0 Å². The molecule has 0 heterocycles. The van der Waals surface area contributed by atoms with E-state index in [2.05, 4.69) is 32.7 Å². The maximum atomic E-state index is 5.54. The molecule has 112 valence electrons. The summed E-state index contributed by atoms with van der Waals surface area (Å²) in [5.41, 5.74) is 0.475. The molecule has 0 aromatic heterocycles. The molecule has 2 atom stereocenters. The van der Waals surface area contributed by atoms with Crippen LogP contribution in [0.4, 0.5) is 0 Å². The summed E-state index contributed by atoms with van der Waals surface area (Å²) in [6, 6.07) is 0.704. The minimum atomic E-state index is 0.475. The second-order valence-corrected chi connectivity index (χ2v) is 6.91. The molecule has 1 rings (SSSR count). The van der Waals surface area contributed by atoms with Gasteiger partial charge in [0.1, 0.15) is 0 Å². The second-order valence-electron chi connectivity index (χ2n) is 6.91. The van der Waals surface area contributed by atoms with E-state index in [0.29, 0.717) is 11.5 Å². The lowest BCUT2D eigenvalue weighted by Crippen LogP contribution is -2.31. The van der Waals surface area contributed by atoms with Crippen LogP contribution in [0.3, 0.4) is 0 Å². The molecule has 0 spiro atoms. The standard InChI is InChI=1S/C17H33NO/c1-5-6-13-19-14-12-18-16-9-7-8-15(10-11-16)17(2,3)4/h5,15-16,18H,1,6-14H2,2-4H3. The highest BCUT2D eigenvalue weighted by Crippen LogP contribution is 2.36. The van der Waals surface area contributed by atoms with Crippen LogP contribution >= 0.6 is 0 Å². The van der Waals surface area contributed by atoms with Crippen molar-refractivity contribution < 1.29 is 4.74 Å². The van der Waals surface area contributed by atoms with Gasteiger partial charge in [0.2, 0.25) is 0 Å². The topological polar surface area (TPSA) is 21.3 Å². The average Bonchev–Trinajstić information content (AvgIpc) is 2.58. The molecule has 19 heavy (non-hydrogen) atoms. The van der Waals surface area contributed by atoms with Crippen LogP contribution in [-0.4, -0.2) is 25.8 Å². The molecule has 0 saturated heterocycles. The average molecular weight is 267 g/mol. The molecule has 0 amide bonds. The Bertz CT molecular complexity index is 244. The van der Waals surface area contributed by atoms with Crippen LogP contribution in [0, 0.1) is 11.3 Å². The highest BCUT2D eigenvalue weighted by molar-refractivity contribution is 4.81. The molecule has 2 heteroatoms. The molecule has 1 fully saturated rings. The normalized spacial score (nSPS) is 25.0. The molecule has 0 bridgehead atoms. The number of nitrogens with one attached hydrogen (secondary N) is 1. The van der Waals surface area contributed by atoms with Gasteiger partial charge in [-0.1, -0.05) is 33.3 Å². The van der Waals surface area contributed by atoms with Gasteiger partial charge in [-0.15, -0.1) is 6.58 Å². The van der Waals surface area contributed by atoms with Crippen molar-refractivity contribution in [2.24, 2.45) is 11.3 Å². The summed E-state index contributed by atoms with van der Waals surface area (Å²) in [6.45, 7) is 13.5. The van der Waals surface area contributed by atoms with Gasteiger partial charge >= 0.3 is 0 Å². The van der Waals surface area contributed by atoms with E-state index in [9.17, 15) is 0 Å². The van der Waals surface area contributed by atoms with E-state index in [0.717, 1.165) is 32.1 Å². The summed E-state index contributed by atoms with van der Waals surface area (Å²) in [5, 5.41) is 3.66. The van der Waals surface area contributed by atoms with Crippen molar-refractivity contribution in [3.63, 3.8) is 0 Å². The quantitative estimate of drug-likeness (QED) is 0.425. The predicted molar refractivity (Wildman–Crippen MR) is 83.5 cm³/mol. The first kappa shape index (κ1) is 16.7. The van der Waals surface area contributed by atoms with Gasteiger partial charge in [-0.3, -0.25) is 0 Å². The first-order valence-corrected chi connectivity index (χ1v) is 7.96. The fourth-order valence-electron chi connectivity index (χ4n) is 2.98. The van der Waals surface area contributed by atoms with E-state index in [-0.39, 0.29) is 0 Å². The molecule has 1 N–H and O–H groups in total. The zero-order chi connectivity index (χ0) is 14.1. The van der Waals surface area contributed by atoms with Crippen LogP contribution < -0.4 is 5.32 Å². The smallest absolute Gasteiger partial charge is 0.0591 e. The molecule has 1 aliphatic rings. The van der Waals surface area contributed by atoms with Gasteiger partial charge in [0, 0.05) is 12.6 Å². The Hall–Kier alpha value is -0.340. The summed E-state index contributed by atoms with van der Waals surface area (Å²) in [6.07, 6.45) is 9.67. The Morgan fingerprint density at radius 1 is 1.16 bits per heavy atom. The fourth-order valence-corrected chi connectivity index (χ4v) is 2.98. The fraction of sp³-hybridized carbons (Fsp3) is 0.882. The molecule has 0 radical (unpaired) electrons. The highest BCUT2D eigenvalue weighted by atomic mass is 16.5. The van der Waals surface area contributed by atoms with E-state index in [1.165, 1.54) is 32.1 Å². The SMILES string of the molecule is C=CCCOCCNC1CCCC(C(C)(C)C)CC1. The van der Waals surface area contributed by atoms with Crippen molar-refractivity contribution in [2.75, 3.05) is 19.8 Å². The number of hydrogen-bond donors (Lipinski definition) is 1. The van der Waals surface area contributed by atoms with Crippen LogP contribution in [0.25, 0.3) is 0 Å². The zero-order valence-electron chi connectivity index (χ0n) is 13.2. The zero-order valence-corrected chi connectivity index (χ0v) is 13.2. The van der Waals surface area contributed by atoms with Crippen molar-refractivity contribution in [3.05, 3.63) is 12.7 Å². The molecule has 2 nitrogen and oxygen atoms in total. The monoisotopic (exact) mass is 267 g/mol. The highest BCUT2D eigenvalue weighted by Gasteiger charge is 2.27. The molecule has 2 unspecified atom stereocenters. The predicted octanol–water partition coefficient (Wildman–Crippen LogP) is 4.16. The van der Waals surface area contributed by atoms with Crippen LogP contribution in [0.1, 0.15) is 59.3 Å². The van der Waals surface area contributed by atoms with Crippen molar-refractivity contribution in [3.8, 4) is 0 Å². The molecule has 0 aliphatic heterocycles. The van der Waals surface area contributed by atoms with E-state index in [1.54, 1.807) is 0 Å². The van der Waals surface area contributed by atoms with E-state index in [4.69, 9.17) is 4.74 Å². The summed E-state index contributed by atoms with van der Waals surface area (Å²) in [5.74, 6) is 0.892. The van der Waals surface area contributed by atoms with Crippen LogP contribution in [0.5, 0.6) is 0 Å². The maximum Gasteiger partial charge on any atom is 0.0591 e. The largest absolute Gasteiger partial charge is 0.380 e. The number of ether oxygens (including phenoxy) is 1. The van der Waals surface area contributed by atoms with Crippen molar-refractivity contribution in [1.82, 2.24) is 5.32 Å². The van der Waals surface area contributed by atoms with Crippen molar-refractivity contribution in [2.45, 2.75) is 65.3 Å². The third-order valence-electron chi connectivity index (χ3n) is 4.34. The number of rotatable bonds is 7. The van der Waals surface area contributed by atoms with Crippen LogP contribution in [0.15, 0.2) is 12.7 Å². The Morgan fingerprint density at radius 3 is 2.63 bits per heavy atom. The van der Waals surface area contributed by atoms with E-state index >= 15 is 0 Å². The molecule has 1 saturated carbocycles. The van der Waals surface area contributed by atoms with Gasteiger partial charge in [0.25, 0.3) is 0 Å². The summed E-state index contributed by atoms with van der Waals surface area (Å²) < 4.78 is 5.54. The van der Waals surface area contributed by atoms with Gasteiger partial charge in [0.15, 0.2) is 0 Å². The Kier molecular flexibility index (Phi) is 7.70. The first-order chi connectivity index (χ1) is 9.04. The summed E-state index contributed by atoms with van der Waals surface area (Å²) in [4.78, 5) is 0. The Morgan fingerprint density at radius 2 is 1.95 bits per heavy atom. The molecular formula is C17H33NO. The lowest BCUT2D eigenvalue weighted by atomic mass is 9.76. The lowest BCUT2D eigenvalue weighted by molar-refractivity contribution is 0.137. The molecule has 0 aromatic rings. The summed E-state index contributed by atoms with van der Waals surface area (Å²) >= 11 is 0. The number of hydrogen-bond acceptors (Lipinski definition) is 2. The van der Waals surface area contributed by atoms with Gasteiger partial charge in [0.05, 0.1) is 13.2 Å². The minimum absolute atomic E-state index is 0.475. The van der Waals surface area contributed by atoms with Gasteiger partial charge in [-0.25, -0.2) is 0 Å². The van der Waals surface area contributed by atoms with Gasteiger partial charge in [-0.05, 0) is 43.4 Å². The lowest BCUT2D eigenvalue weighted by Gasteiger charge is -2.29. The van der Waals surface area contributed by atoms with Crippen LogP contribution in [-0.2, 0) is 4.74 Å². The molecule has 0 aromatic carbocycles. The van der Waals surface area contributed by atoms with Gasteiger partial charge < -0.3 is 10.1 Å². The Labute approximate surface area is 120 Å². The van der Waals surface area contributed by atoms with Crippen LogP contribution in [0.2, 0.25) is 0 Å². The van der Waals surface area contributed by atoms with E-state index in [1.807, 2.05) is 6.08 Å². The second kappa shape index (κ2) is 8.76. The first-order valence-electron chi connectivity index (χ1n) is 7.96. The molecule has 1 aliphatic carbocycles. The molecular weight excluding hydrogens is 234 g/mol. The van der Waals surface area contributed by atoms with E-state index < -0.39 is 0 Å². The third-order valence-corrected chi connectivity index (χ3v) is 4.34. The van der Waals surface area contributed by atoms with Crippen molar-refractivity contribution >= 4 is 0 Å². The third kappa shape index (κ3) is 7.12.